The normalized spacial score (nSPS) is 16.8. The second-order valence-electron chi connectivity index (χ2n) is 5.92. The highest BCUT2D eigenvalue weighted by atomic mass is 19.4. The van der Waals surface area contributed by atoms with E-state index < -0.39 is 46.4 Å². The van der Waals surface area contributed by atoms with Crippen molar-refractivity contribution in [1.29, 1.82) is 0 Å². The zero-order chi connectivity index (χ0) is 19.1. The molecule has 138 valence electrons. The highest BCUT2D eigenvalue weighted by Gasteiger charge is 2.36. The summed E-state index contributed by atoms with van der Waals surface area (Å²) in [5.74, 6) is -1.93. The number of rotatable bonds is 2. The molecule has 1 aromatic heterocycles. The molecule has 1 amide bonds. The number of nitrogens with one attached hydrogen (secondary N) is 3. The van der Waals surface area contributed by atoms with Gasteiger partial charge in [0.2, 0.25) is 5.75 Å². The van der Waals surface area contributed by atoms with E-state index in [1.807, 2.05) is 4.98 Å². The lowest BCUT2D eigenvalue weighted by Gasteiger charge is -2.28. The fourth-order valence-electron chi connectivity index (χ4n) is 3.14. The molecule has 0 radical (unpaired) electrons. The molecule has 1 aliphatic rings. The summed E-state index contributed by atoms with van der Waals surface area (Å²) in [5, 5.41) is 12.1. The Balaban J connectivity index is 1.96. The lowest BCUT2D eigenvalue weighted by atomic mass is 9.84. The molecule has 1 aromatic carbocycles. The number of carbonyl (C=O) groups is 1. The number of hydrogen-bond donors (Lipinski definition) is 4. The zero-order valence-electron chi connectivity index (χ0n) is 13.2. The Hall–Kier alpha value is -3.04. The first kappa shape index (κ1) is 17.8. The second-order valence-corrected chi connectivity index (χ2v) is 5.92. The molecule has 1 heterocycles. The summed E-state index contributed by atoms with van der Waals surface area (Å²) in [4.78, 5) is 38.7. The molecule has 10 heteroatoms. The lowest BCUT2D eigenvalue weighted by Crippen LogP contribution is -2.35. The third kappa shape index (κ3) is 3.22. The molecule has 1 atom stereocenters. The van der Waals surface area contributed by atoms with Crippen LogP contribution in [0.4, 0.5) is 13.2 Å². The van der Waals surface area contributed by atoms with E-state index >= 15 is 0 Å². The number of halogens is 3. The Morgan fingerprint density at radius 1 is 1.23 bits per heavy atom. The van der Waals surface area contributed by atoms with Crippen LogP contribution in [-0.2, 0) is 12.6 Å². The van der Waals surface area contributed by atoms with Gasteiger partial charge in [0.05, 0.1) is 11.6 Å². The number of aromatic hydroxyl groups is 1. The minimum absolute atomic E-state index is 0.111. The van der Waals surface area contributed by atoms with Crippen molar-refractivity contribution in [3.8, 4) is 5.75 Å². The van der Waals surface area contributed by atoms with E-state index in [9.17, 15) is 32.7 Å². The quantitative estimate of drug-likeness (QED) is 0.643. The summed E-state index contributed by atoms with van der Waals surface area (Å²) in [7, 11) is 0. The summed E-state index contributed by atoms with van der Waals surface area (Å²) in [6.07, 6.45) is -3.48. The van der Waals surface area contributed by atoms with E-state index in [2.05, 4.69) is 5.32 Å². The average Bonchev–Trinajstić information content (AvgIpc) is 2.57. The Kier molecular flexibility index (Phi) is 4.34. The molecule has 0 spiro atoms. The van der Waals surface area contributed by atoms with E-state index in [0.29, 0.717) is 18.4 Å². The summed E-state index contributed by atoms with van der Waals surface area (Å²) < 4.78 is 39.5. The average molecular weight is 369 g/mol. The van der Waals surface area contributed by atoms with Gasteiger partial charge in [-0.1, -0.05) is 12.1 Å². The number of aromatic amines is 2. The number of alkyl halides is 3. The molecule has 1 aliphatic carbocycles. The Labute approximate surface area is 143 Å². The van der Waals surface area contributed by atoms with Crippen molar-refractivity contribution in [2.75, 3.05) is 0 Å². The first-order valence-electron chi connectivity index (χ1n) is 7.74. The number of benzene rings is 1. The fourth-order valence-corrected chi connectivity index (χ4v) is 3.14. The van der Waals surface area contributed by atoms with Gasteiger partial charge in [-0.3, -0.25) is 19.6 Å². The molecule has 0 saturated carbocycles. The maximum Gasteiger partial charge on any atom is 0.416 e. The molecule has 0 saturated heterocycles. The molecule has 7 nitrogen and oxygen atoms in total. The number of aromatic nitrogens is 2. The number of H-pyrrole nitrogens is 2. The Morgan fingerprint density at radius 2 is 1.96 bits per heavy atom. The number of hydrogen-bond acceptors (Lipinski definition) is 4. The van der Waals surface area contributed by atoms with Crippen LogP contribution in [0.15, 0.2) is 27.8 Å². The topological polar surface area (TPSA) is 115 Å². The van der Waals surface area contributed by atoms with Crippen LogP contribution in [0, 0.1) is 0 Å². The minimum atomic E-state index is -4.51. The largest absolute Gasteiger partial charge is 0.501 e. The second kappa shape index (κ2) is 6.36. The number of carbonyl (C=O) groups excluding carboxylic acids is 1. The molecule has 3 rings (SSSR count). The van der Waals surface area contributed by atoms with Crippen LogP contribution in [0.5, 0.6) is 5.75 Å². The summed E-state index contributed by atoms with van der Waals surface area (Å²) >= 11 is 0. The van der Waals surface area contributed by atoms with Crippen LogP contribution in [0.2, 0.25) is 0 Å². The van der Waals surface area contributed by atoms with Gasteiger partial charge in [0.1, 0.15) is 0 Å². The van der Waals surface area contributed by atoms with Crippen LogP contribution < -0.4 is 16.6 Å². The van der Waals surface area contributed by atoms with Gasteiger partial charge in [0, 0.05) is 0 Å². The van der Waals surface area contributed by atoms with E-state index in [0.717, 1.165) is 6.07 Å². The van der Waals surface area contributed by atoms with Gasteiger partial charge in [0.25, 0.3) is 11.5 Å². The van der Waals surface area contributed by atoms with Gasteiger partial charge in [-0.25, -0.2) is 4.79 Å². The molecule has 0 unspecified atom stereocenters. The lowest BCUT2D eigenvalue weighted by molar-refractivity contribution is -0.138. The first-order valence-corrected chi connectivity index (χ1v) is 7.74. The van der Waals surface area contributed by atoms with Gasteiger partial charge >= 0.3 is 11.9 Å². The minimum Gasteiger partial charge on any atom is -0.501 e. The van der Waals surface area contributed by atoms with Crippen LogP contribution in [0.3, 0.4) is 0 Å². The zero-order valence-corrected chi connectivity index (χ0v) is 13.2. The van der Waals surface area contributed by atoms with Crippen molar-refractivity contribution in [3.63, 3.8) is 0 Å². The van der Waals surface area contributed by atoms with Crippen LogP contribution in [-0.4, -0.2) is 21.0 Å². The van der Waals surface area contributed by atoms with Crippen LogP contribution in [0.1, 0.15) is 46.1 Å². The van der Waals surface area contributed by atoms with Gasteiger partial charge in [0.15, 0.2) is 5.69 Å². The summed E-state index contributed by atoms with van der Waals surface area (Å²) in [6.45, 7) is 0. The van der Waals surface area contributed by atoms with E-state index in [1.54, 1.807) is 4.98 Å². The molecular formula is C16H14F3N3O4. The van der Waals surface area contributed by atoms with E-state index in [4.69, 9.17) is 0 Å². The molecular weight excluding hydrogens is 355 g/mol. The van der Waals surface area contributed by atoms with Gasteiger partial charge in [-0.15, -0.1) is 0 Å². The van der Waals surface area contributed by atoms with Gasteiger partial charge in [-0.05, 0) is 36.5 Å². The third-order valence-electron chi connectivity index (χ3n) is 4.26. The predicted octanol–water partition coefficient (Wildman–Crippen LogP) is 1.59. The van der Waals surface area contributed by atoms with Crippen molar-refractivity contribution in [1.82, 2.24) is 15.3 Å². The van der Waals surface area contributed by atoms with Crippen molar-refractivity contribution in [2.45, 2.75) is 31.5 Å². The third-order valence-corrected chi connectivity index (χ3v) is 4.26. The maximum absolute atomic E-state index is 13.2. The van der Waals surface area contributed by atoms with E-state index in [1.165, 1.54) is 12.1 Å². The van der Waals surface area contributed by atoms with Crippen molar-refractivity contribution >= 4 is 5.91 Å². The Morgan fingerprint density at radius 3 is 2.65 bits per heavy atom. The molecule has 4 N–H and O–H groups in total. The SMILES string of the molecule is O=C(N[C@@H]1CCCc2c1cccc2C(F)(F)F)c1[nH]c(=O)[nH]c(=O)c1O. The number of amides is 1. The summed E-state index contributed by atoms with van der Waals surface area (Å²) in [5.41, 5.74) is -3.07. The van der Waals surface area contributed by atoms with Crippen molar-refractivity contribution < 1.29 is 23.1 Å². The molecule has 0 bridgehead atoms. The standard InChI is InChI=1S/C16H14F3N3O4/c17-16(18,19)9-5-1-4-8-7(9)3-2-6-10(8)20-13(24)11-12(23)14(25)22-15(26)21-11/h1,4-5,10,23H,2-3,6H2,(H,20,24)(H2,21,22,25,26)/t10-/m1/s1. The summed E-state index contributed by atoms with van der Waals surface area (Å²) in [6, 6.07) is 3.01. The molecule has 2 aromatic rings. The van der Waals surface area contributed by atoms with Crippen LogP contribution >= 0.6 is 0 Å². The van der Waals surface area contributed by atoms with Crippen molar-refractivity contribution in [2.24, 2.45) is 0 Å². The maximum atomic E-state index is 13.2. The van der Waals surface area contributed by atoms with Crippen molar-refractivity contribution in [3.05, 3.63) is 61.4 Å². The Bertz CT molecular complexity index is 978. The molecule has 0 aliphatic heterocycles. The molecule has 0 fully saturated rings. The van der Waals surface area contributed by atoms with E-state index in [-0.39, 0.29) is 12.0 Å². The monoisotopic (exact) mass is 369 g/mol. The van der Waals surface area contributed by atoms with Gasteiger partial charge < -0.3 is 10.4 Å². The smallest absolute Gasteiger partial charge is 0.416 e. The molecule has 26 heavy (non-hydrogen) atoms. The predicted molar refractivity (Wildman–Crippen MR) is 83.9 cm³/mol. The fraction of sp³-hybridized carbons (Fsp3) is 0.312. The number of fused-ring (bicyclic) bond motifs is 1. The van der Waals surface area contributed by atoms with Gasteiger partial charge in [-0.2, -0.15) is 13.2 Å². The van der Waals surface area contributed by atoms with Crippen LogP contribution in [0.25, 0.3) is 0 Å². The first-order chi connectivity index (χ1) is 12.2. The highest BCUT2D eigenvalue weighted by Crippen LogP contribution is 2.39. The highest BCUT2D eigenvalue weighted by molar-refractivity contribution is 5.94.